The fourth-order valence-corrected chi connectivity index (χ4v) is 2.97. The molecule has 1 aliphatic carbocycles. The Hall–Kier alpha value is -2.43. The molecule has 2 aromatic rings. The number of fused-ring (bicyclic) bond motifs is 1. The van der Waals surface area contributed by atoms with Crippen molar-refractivity contribution in [2.75, 3.05) is 0 Å². The van der Waals surface area contributed by atoms with Gasteiger partial charge in [0.1, 0.15) is 5.58 Å². The second-order valence-corrected chi connectivity index (χ2v) is 5.99. The maximum atomic E-state index is 12.1. The average molecular weight is 312 g/mol. The number of hydrogen-bond donors (Lipinski definition) is 1. The molecule has 5 nitrogen and oxygen atoms in total. The minimum atomic E-state index is -0.447. The van der Waals surface area contributed by atoms with Crippen LogP contribution in [0.25, 0.3) is 11.0 Å². The zero-order chi connectivity index (χ0) is 16.2. The lowest BCUT2D eigenvalue weighted by molar-refractivity contribution is -0.125. The first kappa shape index (κ1) is 15.5. The van der Waals surface area contributed by atoms with Crippen LogP contribution in [0, 0.1) is 5.92 Å². The number of rotatable bonds is 3. The first-order valence-corrected chi connectivity index (χ1v) is 8.02. The molecule has 0 bridgehead atoms. The van der Waals surface area contributed by atoms with Crippen LogP contribution >= 0.6 is 0 Å². The molecule has 120 valence electrons. The van der Waals surface area contributed by atoms with Crippen LogP contribution in [0.15, 0.2) is 44.6 Å². The predicted octanol–water partition coefficient (Wildman–Crippen LogP) is 3.21. The molecule has 3 rings (SSSR count). The van der Waals surface area contributed by atoms with Gasteiger partial charge in [-0.3, -0.25) is 4.79 Å². The van der Waals surface area contributed by atoms with Crippen molar-refractivity contribution in [2.45, 2.75) is 39.0 Å². The number of benzene rings is 1. The minimum absolute atomic E-state index is 0.0355. The first-order chi connectivity index (χ1) is 11.1. The third-order valence-electron chi connectivity index (χ3n) is 4.34. The van der Waals surface area contributed by atoms with Gasteiger partial charge in [0.2, 0.25) is 5.91 Å². The highest BCUT2D eigenvalue weighted by atomic mass is 16.4. The van der Waals surface area contributed by atoms with Crippen molar-refractivity contribution in [3.8, 4) is 0 Å². The largest absolute Gasteiger partial charge is 0.422 e. The summed E-state index contributed by atoms with van der Waals surface area (Å²) in [7, 11) is 0. The summed E-state index contributed by atoms with van der Waals surface area (Å²) < 4.78 is 5.29. The molecular weight excluding hydrogens is 292 g/mol. The Kier molecular flexibility index (Phi) is 4.55. The fourth-order valence-electron chi connectivity index (χ4n) is 2.97. The van der Waals surface area contributed by atoms with Crippen LogP contribution in [-0.2, 0) is 4.79 Å². The van der Waals surface area contributed by atoms with Crippen molar-refractivity contribution in [3.05, 3.63) is 46.3 Å². The first-order valence-electron chi connectivity index (χ1n) is 8.02. The Bertz CT molecular complexity index is 801. The minimum Gasteiger partial charge on any atom is -0.422 e. The lowest BCUT2D eigenvalue weighted by Gasteiger charge is -2.19. The summed E-state index contributed by atoms with van der Waals surface area (Å²) in [6.45, 7) is 1.70. The molecule has 1 saturated carbocycles. The van der Waals surface area contributed by atoms with Crippen LogP contribution in [0.3, 0.4) is 0 Å². The highest BCUT2D eigenvalue weighted by Crippen LogP contribution is 2.23. The number of carbonyl (C=O) groups is 1. The van der Waals surface area contributed by atoms with Crippen molar-refractivity contribution >= 4 is 22.6 Å². The Morgan fingerprint density at radius 2 is 1.96 bits per heavy atom. The van der Waals surface area contributed by atoms with Gasteiger partial charge in [0.25, 0.3) is 0 Å². The van der Waals surface area contributed by atoms with Gasteiger partial charge in [0.05, 0.1) is 11.3 Å². The van der Waals surface area contributed by atoms with Gasteiger partial charge < -0.3 is 4.42 Å². The van der Waals surface area contributed by atoms with E-state index in [1.54, 1.807) is 19.1 Å². The summed E-state index contributed by atoms with van der Waals surface area (Å²) in [6, 6.07) is 9.06. The lowest BCUT2D eigenvalue weighted by atomic mass is 9.89. The molecule has 0 atom stereocenters. The van der Waals surface area contributed by atoms with E-state index in [4.69, 9.17) is 4.42 Å². The van der Waals surface area contributed by atoms with E-state index in [0.717, 1.165) is 31.1 Å². The van der Waals surface area contributed by atoms with Crippen LogP contribution in [0.2, 0.25) is 0 Å². The number of hydrogen-bond acceptors (Lipinski definition) is 4. The van der Waals surface area contributed by atoms with Crippen molar-refractivity contribution < 1.29 is 9.21 Å². The molecule has 0 spiro atoms. The molecule has 0 saturated heterocycles. The molecule has 1 aliphatic rings. The molecule has 0 radical (unpaired) electrons. The van der Waals surface area contributed by atoms with E-state index in [-0.39, 0.29) is 11.8 Å². The number of amides is 1. The number of hydrazone groups is 1. The Labute approximate surface area is 134 Å². The highest BCUT2D eigenvalue weighted by Gasteiger charge is 2.20. The van der Waals surface area contributed by atoms with E-state index in [2.05, 4.69) is 10.5 Å². The fraction of sp³-hybridized carbons (Fsp3) is 0.389. The Balaban J connectivity index is 1.79. The van der Waals surface area contributed by atoms with Gasteiger partial charge in [-0.05, 0) is 31.9 Å². The van der Waals surface area contributed by atoms with E-state index >= 15 is 0 Å². The summed E-state index contributed by atoms with van der Waals surface area (Å²) in [5, 5.41) is 4.92. The Morgan fingerprint density at radius 3 is 2.74 bits per heavy atom. The maximum Gasteiger partial charge on any atom is 0.345 e. The third-order valence-corrected chi connectivity index (χ3v) is 4.34. The van der Waals surface area contributed by atoms with Crippen LogP contribution in [0.1, 0.15) is 44.6 Å². The van der Waals surface area contributed by atoms with Crippen LogP contribution < -0.4 is 11.1 Å². The normalized spacial score (nSPS) is 16.5. The summed E-state index contributed by atoms with van der Waals surface area (Å²) in [6.07, 6.45) is 5.21. The summed E-state index contributed by atoms with van der Waals surface area (Å²) >= 11 is 0. The standard InChI is InChI=1S/C18H20N2O3/c1-12(19-20-17(21)13-7-3-2-4-8-13)15-11-14-9-5-6-10-16(14)23-18(15)22/h5-6,9-11,13H,2-4,7-8H2,1H3,(H,20,21). The molecule has 0 aliphatic heterocycles. The average Bonchev–Trinajstić information content (AvgIpc) is 2.59. The van der Waals surface area contributed by atoms with Gasteiger partial charge in [-0.2, -0.15) is 5.10 Å². The van der Waals surface area contributed by atoms with E-state index in [9.17, 15) is 9.59 Å². The summed E-state index contributed by atoms with van der Waals surface area (Å²) in [5.74, 6) is -0.0254. The van der Waals surface area contributed by atoms with Gasteiger partial charge in [-0.1, -0.05) is 37.5 Å². The second kappa shape index (κ2) is 6.77. The zero-order valence-corrected chi connectivity index (χ0v) is 13.2. The van der Waals surface area contributed by atoms with Gasteiger partial charge in [0.15, 0.2) is 0 Å². The third kappa shape index (κ3) is 3.50. The lowest BCUT2D eigenvalue weighted by Crippen LogP contribution is -2.29. The van der Waals surface area contributed by atoms with Crippen molar-refractivity contribution in [3.63, 3.8) is 0 Å². The van der Waals surface area contributed by atoms with Crippen molar-refractivity contribution in [1.82, 2.24) is 5.43 Å². The van der Waals surface area contributed by atoms with Crippen LogP contribution in [-0.4, -0.2) is 11.6 Å². The monoisotopic (exact) mass is 312 g/mol. The van der Waals surface area contributed by atoms with Gasteiger partial charge in [-0.15, -0.1) is 0 Å². The number of nitrogens with zero attached hydrogens (tertiary/aromatic N) is 1. The second-order valence-electron chi connectivity index (χ2n) is 5.99. The van der Waals surface area contributed by atoms with Crippen LogP contribution in [0.4, 0.5) is 0 Å². The van der Waals surface area contributed by atoms with E-state index in [0.29, 0.717) is 16.9 Å². The van der Waals surface area contributed by atoms with Gasteiger partial charge in [0, 0.05) is 11.3 Å². The quantitative estimate of drug-likeness (QED) is 0.537. The highest BCUT2D eigenvalue weighted by molar-refractivity contribution is 6.01. The molecule has 1 heterocycles. The molecule has 1 N–H and O–H groups in total. The topological polar surface area (TPSA) is 71.7 Å². The summed E-state index contributed by atoms with van der Waals surface area (Å²) in [5.41, 5.74) is 3.51. The number of nitrogens with one attached hydrogen (secondary N) is 1. The predicted molar refractivity (Wildman–Crippen MR) is 89.4 cm³/mol. The molecule has 0 unspecified atom stereocenters. The number of para-hydroxylation sites is 1. The Morgan fingerprint density at radius 1 is 1.22 bits per heavy atom. The summed E-state index contributed by atoms with van der Waals surface area (Å²) in [4.78, 5) is 24.2. The van der Waals surface area contributed by atoms with Crippen molar-refractivity contribution in [2.24, 2.45) is 11.0 Å². The van der Waals surface area contributed by atoms with E-state index < -0.39 is 5.63 Å². The van der Waals surface area contributed by atoms with Gasteiger partial charge in [-0.25, -0.2) is 10.2 Å². The van der Waals surface area contributed by atoms with E-state index in [1.165, 1.54) is 6.42 Å². The molecule has 23 heavy (non-hydrogen) atoms. The number of carbonyl (C=O) groups excluding carboxylic acids is 1. The molecule has 1 aromatic carbocycles. The van der Waals surface area contributed by atoms with Crippen LogP contribution in [0.5, 0.6) is 0 Å². The van der Waals surface area contributed by atoms with Gasteiger partial charge >= 0.3 is 5.63 Å². The molecule has 5 heteroatoms. The zero-order valence-electron chi connectivity index (χ0n) is 13.2. The molecule has 1 aromatic heterocycles. The molecular formula is C18H20N2O3. The smallest absolute Gasteiger partial charge is 0.345 e. The molecule has 1 fully saturated rings. The molecule has 1 amide bonds. The van der Waals surface area contributed by atoms with E-state index in [1.807, 2.05) is 18.2 Å². The maximum absolute atomic E-state index is 12.1. The SMILES string of the molecule is CC(=NNC(=O)C1CCCCC1)c1cc2ccccc2oc1=O. The van der Waals surface area contributed by atoms with Crippen molar-refractivity contribution in [1.29, 1.82) is 0 Å².